The first kappa shape index (κ1) is 13.5. The topological polar surface area (TPSA) is 54.2 Å². The summed E-state index contributed by atoms with van der Waals surface area (Å²) >= 11 is 0. The molecule has 0 aliphatic carbocycles. The lowest BCUT2D eigenvalue weighted by Crippen LogP contribution is -2.51. The number of likely N-dealkylation sites (tertiary alicyclic amines) is 1. The molecule has 0 saturated carbocycles. The number of aryl methyl sites for hydroxylation is 1. The lowest BCUT2D eigenvalue weighted by molar-refractivity contribution is -0.0335. The zero-order valence-corrected chi connectivity index (χ0v) is 11.6. The van der Waals surface area contributed by atoms with Gasteiger partial charge < -0.3 is 5.11 Å². The van der Waals surface area contributed by atoms with E-state index in [1.807, 2.05) is 7.05 Å². The minimum atomic E-state index is -0.523. The number of aliphatic hydroxyl groups excluding tert-OH is 1. The second kappa shape index (κ2) is 5.36. The van der Waals surface area contributed by atoms with Crippen LogP contribution in [0.3, 0.4) is 0 Å². The highest BCUT2D eigenvalue weighted by molar-refractivity contribution is 5.10. The van der Waals surface area contributed by atoms with Crippen LogP contribution in [0.15, 0.2) is 6.20 Å². The van der Waals surface area contributed by atoms with Crippen LogP contribution < -0.4 is 0 Å². The average Bonchev–Trinajstić information content (AvgIpc) is 3.02. The van der Waals surface area contributed by atoms with Crippen LogP contribution in [-0.2, 0) is 7.05 Å². The van der Waals surface area contributed by atoms with Crippen LogP contribution in [0.5, 0.6) is 0 Å². The average molecular weight is 252 g/mol. The quantitative estimate of drug-likeness (QED) is 0.863. The Labute approximate surface area is 109 Å². The summed E-state index contributed by atoms with van der Waals surface area (Å²) in [7, 11) is 1.84. The third-order valence-corrected chi connectivity index (χ3v) is 4.50. The molecular weight excluding hydrogens is 228 g/mol. The molecule has 1 aliphatic heterocycles. The second-order valence-corrected chi connectivity index (χ2v) is 5.19. The summed E-state index contributed by atoms with van der Waals surface area (Å²) in [6.07, 6.45) is 5.51. The maximum atomic E-state index is 10.8. The monoisotopic (exact) mass is 252 g/mol. The summed E-state index contributed by atoms with van der Waals surface area (Å²) in [5.41, 5.74) is 0.636. The van der Waals surface area contributed by atoms with Crippen LogP contribution in [0.4, 0.5) is 0 Å². The molecule has 1 unspecified atom stereocenters. The standard InChI is InChI=1S/C13H24N4O/c1-4-13(5-2,17-8-6-7-9-17)12(18)11-10-14-15-16(11)3/h10,12,18H,4-9H2,1-3H3. The minimum absolute atomic E-state index is 0.175. The minimum Gasteiger partial charge on any atom is -0.385 e. The van der Waals surface area contributed by atoms with Gasteiger partial charge in [-0.25, -0.2) is 4.68 Å². The fourth-order valence-corrected chi connectivity index (χ4v) is 3.24. The van der Waals surface area contributed by atoms with Gasteiger partial charge in [-0.3, -0.25) is 4.90 Å². The second-order valence-electron chi connectivity index (χ2n) is 5.19. The third-order valence-electron chi connectivity index (χ3n) is 4.50. The molecule has 1 saturated heterocycles. The van der Waals surface area contributed by atoms with Crippen molar-refractivity contribution < 1.29 is 5.11 Å². The highest BCUT2D eigenvalue weighted by Crippen LogP contribution is 2.38. The number of aliphatic hydroxyl groups is 1. The molecule has 0 bridgehead atoms. The normalized spacial score (nSPS) is 19.3. The van der Waals surface area contributed by atoms with E-state index < -0.39 is 6.10 Å². The van der Waals surface area contributed by atoms with E-state index >= 15 is 0 Å². The molecule has 1 atom stereocenters. The van der Waals surface area contributed by atoms with Gasteiger partial charge in [0.2, 0.25) is 0 Å². The lowest BCUT2D eigenvalue weighted by Gasteiger charge is -2.44. The molecule has 2 rings (SSSR count). The van der Waals surface area contributed by atoms with Crippen molar-refractivity contribution in [3.05, 3.63) is 11.9 Å². The number of nitrogens with zero attached hydrogens (tertiary/aromatic N) is 4. The highest BCUT2D eigenvalue weighted by atomic mass is 16.3. The first-order valence-electron chi connectivity index (χ1n) is 6.93. The Morgan fingerprint density at radius 2 is 1.94 bits per heavy atom. The van der Waals surface area contributed by atoms with E-state index in [4.69, 9.17) is 0 Å². The molecule has 0 spiro atoms. The van der Waals surface area contributed by atoms with Gasteiger partial charge in [-0.2, -0.15) is 0 Å². The molecular formula is C13H24N4O. The molecule has 5 heteroatoms. The SMILES string of the molecule is CCC(CC)(C(O)c1cnnn1C)N1CCCC1. The Morgan fingerprint density at radius 3 is 2.39 bits per heavy atom. The third kappa shape index (κ3) is 2.06. The van der Waals surface area contributed by atoms with Crippen molar-refractivity contribution >= 4 is 0 Å². The van der Waals surface area contributed by atoms with Crippen LogP contribution in [0.25, 0.3) is 0 Å². The largest absolute Gasteiger partial charge is 0.385 e. The summed E-state index contributed by atoms with van der Waals surface area (Å²) < 4.78 is 1.68. The van der Waals surface area contributed by atoms with Crippen LogP contribution in [0, 0.1) is 0 Å². The zero-order chi connectivity index (χ0) is 13.2. The van der Waals surface area contributed by atoms with Crippen molar-refractivity contribution in [2.24, 2.45) is 7.05 Å². The van der Waals surface area contributed by atoms with E-state index in [1.54, 1.807) is 10.9 Å². The molecule has 0 amide bonds. The Balaban J connectivity index is 2.31. The molecule has 1 aromatic rings. The Hall–Kier alpha value is -0.940. The lowest BCUT2D eigenvalue weighted by atomic mass is 9.83. The van der Waals surface area contributed by atoms with Crippen LogP contribution >= 0.6 is 0 Å². The summed E-state index contributed by atoms with van der Waals surface area (Å²) in [4.78, 5) is 2.45. The van der Waals surface area contributed by atoms with E-state index in [1.165, 1.54) is 12.8 Å². The number of aromatic nitrogens is 3. The molecule has 1 aliphatic rings. The van der Waals surface area contributed by atoms with Gasteiger partial charge in [-0.15, -0.1) is 5.10 Å². The summed E-state index contributed by atoms with van der Waals surface area (Å²) in [5, 5.41) is 18.6. The van der Waals surface area contributed by atoms with Crippen molar-refractivity contribution in [3.8, 4) is 0 Å². The Morgan fingerprint density at radius 1 is 1.33 bits per heavy atom. The van der Waals surface area contributed by atoms with Gasteiger partial charge in [0.15, 0.2) is 0 Å². The molecule has 1 N–H and O–H groups in total. The molecule has 1 fully saturated rings. The van der Waals surface area contributed by atoms with Gasteiger partial charge >= 0.3 is 0 Å². The summed E-state index contributed by atoms with van der Waals surface area (Å²) in [6, 6.07) is 0. The van der Waals surface area contributed by atoms with E-state index in [9.17, 15) is 5.11 Å². The number of hydrogen-bond acceptors (Lipinski definition) is 4. The fraction of sp³-hybridized carbons (Fsp3) is 0.846. The Kier molecular flexibility index (Phi) is 4.02. The number of hydrogen-bond donors (Lipinski definition) is 1. The molecule has 0 aromatic carbocycles. The van der Waals surface area contributed by atoms with Gasteiger partial charge in [0.05, 0.1) is 17.4 Å². The molecule has 1 aromatic heterocycles. The highest BCUT2D eigenvalue weighted by Gasteiger charge is 2.43. The number of rotatable bonds is 5. The smallest absolute Gasteiger partial charge is 0.115 e. The van der Waals surface area contributed by atoms with Crippen molar-refractivity contribution in [1.82, 2.24) is 19.9 Å². The predicted octanol–water partition coefficient (Wildman–Crippen LogP) is 1.50. The van der Waals surface area contributed by atoms with E-state index in [0.717, 1.165) is 31.6 Å². The first-order chi connectivity index (χ1) is 8.65. The molecule has 5 nitrogen and oxygen atoms in total. The van der Waals surface area contributed by atoms with Crippen LogP contribution in [0.2, 0.25) is 0 Å². The van der Waals surface area contributed by atoms with Crippen LogP contribution in [-0.4, -0.2) is 43.6 Å². The summed E-state index contributed by atoms with van der Waals surface area (Å²) in [5.74, 6) is 0. The molecule has 102 valence electrons. The first-order valence-corrected chi connectivity index (χ1v) is 6.93. The van der Waals surface area contributed by atoms with Crippen LogP contribution in [0.1, 0.15) is 51.3 Å². The van der Waals surface area contributed by atoms with Crippen molar-refractivity contribution in [1.29, 1.82) is 0 Å². The van der Waals surface area contributed by atoms with Crippen molar-refractivity contribution in [3.63, 3.8) is 0 Å². The molecule has 2 heterocycles. The van der Waals surface area contributed by atoms with E-state index in [2.05, 4.69) is 29.1 Å². The fourth-order valence-electron chi connectivity index (χ4n) is 3.24. The summed E-state index contributed by atoms with van der Waals surface area (Å²) in [6.45, 7) is 6.50. The van der Waals surface area contributed by atoms with Gasteiger partial charge in [0.25, 0.3) is 0 Å². The van der Waals surface area contributed by atoms with Gasteiger partial charge in [-0.05, 0) is 38.8 Å². The van der Waals surface area contributed by atoms with Gasteiger partial charge in [0.1, 0.15) is 6.10 Å². The molecule has 18 heavy (non-hydrogen) atoms. The zero-order valence-electron chi connectivity index (χ0n) is 11.6. The van der Waals surface area contributed by atoms with E-state index in [-0.39, 0.29) is 5.54 Å². The van der Waals surface area contributed by atoms with Gasteiger partial charge in [-0.1, -0.05) is 19.1 Å². The van der Waals surface area contributed by atoms with Crippen molar-refractivity contribution in [2.75, 3.05) is 13.1 Å². The van der Waals surface area contributed by atoms with E-state index in [0.29, 0.717) is 0 Å². The maximum Gasteiger partial charge on any atom is 0.115 e. The maximum absolute atomic E-state index is 10.8. The van der Waals surface area contributed by atoms with Gasteiger partial charge in [0, 0.05) is 7.05 Å². The van der Waals surface area contributed by atoms with Crippen molar-refractivity contribution in [2.45, 2.75) is 51.2 Å². The predicted molar refractivity (Wildman–Crippen MR) is 70.1 cm³/mol. The Bertz CT molecular complexity index is 380. The molecule has 0 radical (unpaired) electrons.